The second-order valence-electron chi connectivity index (χ2n) is 4.33. The number of Topliss-reactive ketones (excluding diaryl/α,β-unsaturated/α-hetero) is 1. The van der Waals surface area contributed by atoms with Gasteiger partial charge in [0, 0.05) is 5.92 Å². The third kappa shape index (κ3) is 3.84. The molecule has 0 spiro atoms. The van der Waals surface area contributed by atoms with Crippen LogP contribution in [0.25, 0.3) is 6.08 Å². The van der Waals surface area contributed by atoms with Gasteiger partial charge in [-0.3, -0.25) is 4.79 Å². The molecule has 0 aliphatic carbocycles. The summed E-state index contributed by atoms with van der Waals surface area (Å²) < 4.78 is 0. The van der Waals surface area contributed by atoms with Gasteiger partial charge in [-0.15, -0.1) is 0 Å². The summed E-state index contributed by atoms with van der Waals surface area (Å²) in [6, 6.07) is 9.03. The number of ketones is 1. The summed E-state index contributed by atoms with van der Waals surface area (Å²) in [7, 11) is 0. The van der Waals surface area contributed by atoms with Crippen LogP contribution in [0.5, 0.6) is 0 Å². The number of aliphatic carboxylic acids is 1. The molecule has 3 heteroatoms. The van der Waals surface area contributed by atoms with Crippen molar-refractivity contribution >= 4 is 17.8 Å². The van der Waals surface area contributed by atoms with Crippen LogP contribution in [0.4, 0.5) is 0 Å². The molecule has 1 rings (SSSR count). The minimum atomic E-state index is -1.16. The van der Waals surface area contributed by atoms with Crippen LogP contribution in [-0.4, -0.2) is 16.9 Å². The number of carbonyl (C=O) groups excluding carboxylic acids is 1. The Morgan fingerprint density at radius 1 is 1.28 bits per heavy atom. The fourth-order valence-electron chi connectivity index (χ4n) is 1.78. The van der Waals surface area contributed by atoms with Crippen molar-refractivity contribution in [2.24, 2.45) is 5.92 Å². The number of rotatable bonds is 6. The number of benzene rings is 1. The van der Waals surface area contributed by atoms with E-state index in [-0.39, 0.29) is 17.3 Å². The minimum Gasteiger partial charge on any atom is -0.478 e. The number of hydrogen-bond donors (Lipinski definition) is 1. The van der Waals surface area contributed by atoms with Gasteiger partial charge in [0.1, 0.15) is 5.57 Å². The normalized spacial score (nSPS) is 13.1. The number of hydrogen-bond acceptors (Lipinski definition) is 2. The SMILES string of the molecule is CCCC(C)C(=O)C(=Cc1ccccc1)C(=O)O. The van der Waals surface area contributed by atoms with Crippen molar-refractivity contribution < 1.29 is 14.7 Å². The Balaban J connectivity index is 3.00. The summed E-state index contributed by atoms with van der Waals surface area (Å²) in [5.74, 6) is -1.71. The van der Waals surface area contributed by atoms with Crippen molar-refractivity contribution in [2.45, 2.75) is 26.7 Å². The largest absolute Gasteiger partial charge is 0.478 e. The van der Waals surface area contributed by atoms with Crippen molar-refractivity contribution in [3.05, 3.63) is 41.5 Å². The third-order valence-electron chi connectivity index (χ3n) is 2.78. The van der Waals surface area contributed by atoms with Crippen LogP contribution in [0.2, 0.25) is 0 Å². The molecule has 0 aromatic heterocycles. The first-order valence-electron chi connectivity index (χ1n) is 6.10. The standard InChI is InChI=1S/C15H18O3/c1-3-7-11(2)14(16)13(15(17)18)10-12-8-5-4-6-9-12/h4-6,8-11H,3,7H2,1-2H3,(H,17,18). The first-order valence-corrected chi connectivity index (χ1v) is 6.10. The van der Waals surface area contributed by atoms with E-state index in [1.54, 1.807) is 19.1 Å². The highest BCUT2D eigenvalue weighted by Gasteiger charge is 2.22. The molecule has 0 saturated carbocycles. The van der Waals surface area contributed by atoms with Gasteiger partial charge in [0.05, 0.1) is 0 Å². The molecular weight excluding hydrogens is 228 g/mol. The van der Waals surface area contributed by atoms with E-state index in [2.05, 4.69) is 0 Å². The number of carboxylic acid groups (broad SMARTS) is 1. The lowest BCUT2D eigenvalue weighted by Crippen LogP contribution is -2.19. The van der Waals surface area contributed by atoms with Crippen LogP contribution in [0.1, 0.15) is 32.3 Å². The lowest BCUT2D eigenvalue weighted by Gasteiger charge is -2.09. The Bertz CT molecular complexity index is 446. The molecule has 96 valence electrons. The molecule has 0 bridgehead atoms. The van der Waals surface area contributed by atoms with E-state index < -0.39 is 5.97 Å². The molecule has 1 unspecified atom stereocenters. The molecule has 0 amide bonds. The van der Waals surface area contributed by atoms with Crippen molar-refractivity contribution in [1.29, 1.82) is 0 Å². The predicted molar refractivity (Wildman–Crippen MR) is 71.1 cm³/mol. The van der Waals surface area contributed by atoms with Crippen LogP contribution in [0.3, 0.4) is 0 Å². The maximum absolute atomic E-state index is 12.0. The fourth-order valence-corrected chi connectivity index (χ4v) is 1.78. The van der Waals surface area contributed by atoms with Gasteiger partial charge in [-0.25, -0.2) is 4.79 Å². The van der Waals surface area contributed by atoms with Gasteiger partial charge in [0.25, 0.3) is 0 Å². The third-order valence-corrected chi connectivity index (χ3v) is 2.78. The second kappa shape index (κ2) is 6.74. The molecule has 0 aliphatic heterocycles. The maximum atomic E-state index is 12.0. The van der Waals surface area contributed by atoms with E-state index in [1.165, 1.54) is 6.08 Å². The number of carbonyl (C=O) groups is 2. The maximum Gasteiger partial charge on any atom is 0.339 e. The summed E-state index contributed by atoms with van der Waals surface area (Å²) in [6.45, 7) is 3.75. The van der Waals surface area contributed by atoms with Gasteiger partial charge in [0.15, 0.2) is 5.78 Å². The highest BCUT2D eigenvalue weighted by molar-refractivity contribution is 6.20. The van der Waals surface area contributed by atoms with Gasteiger partial charge in [-0.1, -0.05) is 50.6 Å². The van der Waals surface area contributed by atoms with Crippen LogP contribution in [0.15, 0.2) is 35.9 Å². The van der Waals surface area contributed by atoms with Gasteiger partial charge in [-0.05, 0) is 18.1 Å². The molecule has 1 aromatic carbocycles. The molecule has 1 N–H and O–H groups in total. The van der Waals surface area contributed by atoms with E-state index in [4.69, 9.17) is 5.11 Å². The highest BCUT2D eigenvalue weighted by atomic mass is 16.4. The average molecular weight is 246 g/mol. The van der Waals surface area contributed by atoms with Crippen LogP contribution in [-0.2, 0) is 9.59 Å². The van der Waals surface area contributed by atoms with Crippen molar-refractivity contribution in [3.63, 3.8) is 0 Å². The zero-order valence-electron chi connectivity index (χ0n) is 10.7. The number of carboxylic acids is 1. The zero-order valence-corrected chi connectivity index (χ0v) is 10.7. The molecule has 0 aliphatic rings. The smallest absolute Gasteiger partial charge is 0.339 e. The van der Waals surface area contributed by atoms with Crippen molar-refractivity contribution in [2.75, 3.05) is 0 Å². The van der Waals surface area contributed by atoms with Crippen molar-refractivity contribution in [1.82, 2.24) is 0 Å². The van der Waals surface area contributed by atoms with Gasteiger partial charge in [0.2, 0.25) is 0 Å². The van der Waals surface area contributed by atoms with E-state index in [9.17, 15) is 9.59 Å². The van der Waals surface area contributed by atoms with Crippen LogP contribution >= 0.6 is 0 Å². The average Bonchev–Trinajstić information content (AvgIpc) is 2.36. The molecule has 1 atom stereocenters. The van der Waals surface area contributed by atoms with Gasteiger partial charge in [-0.2, -0.15) is 0 Å². The molecule has 0 fully saturated rings. The monoisotopic (exact) mass is 246 g/mol. The van der Waals surface area contributed by atoms with Crippen LogP contribution in [0, 0.1) is 5.92 Å². The van der Waals surface area contributed by atoms with E-state index in [1.807, 2.05) is 25.1 Å². The minimum absolute atomic E-state index is 0.137. The molecule has 0 saturated heterocycles. The first-order chi connectivity index (χ1) is 8.56. The summed E-state index contributed by atoms with van der Waals surface area (Å²) >= 11 is 0. The van der Waals surface area contributed by atoms with Gasteiger partial charge < -0.3 is 5.11 Å². The second-order valence-corrected chi connectivity index (χ2v) is 4.33. The molecule has 3 nitrogen and oxygen atoms in total. The summed E-state index contributed by atoms with van der Waals surface area (Å²) in [5.41, 5.74) is 0.592. The Morgan fingerprint density at radius 3 is 2.39 bits per heavy atom. The molecule has 1 aromatic rings. The molecular formula is C15H18O3. The Hall–Kier alpha value is -1.90. The van der Waals surface area contributed by atoms with Gasteiger partial charge >= 0.3 is 5.97 Å². The van der Waals surface area contributed by atoms with E-state index in [0.29, 0.717) is 6.42 Å². The zero-order chi connectivity index (χ0) is 13.5. The quantitative estimate of drug-likeness (QED) is 0.476. The van der Waals surface area contributed by atoms with E-state index >= 15 is 0 Å². The Morgan fingerprint density at radius 2 is 1.89 bits per heavy atom. The first kappa shape index (κ1) is 14.2. The molecule has 0 radical (unpaired) electrons. The highest BCUT2D eigenvalue weighted by Crippen LogP contribution is 2.15. The topological polar surface area (TPSA) is 54.4 Å². The van der Waals surface area contributed by atoms with Crippen LogP contribution < -0.4 is 0 Å². The summed E-state index contributed by atoms with van der Waals surface area (Å²) in [6.07, 6.45) is 3.01. The lowest BCUT2D eigenvalue weighted by molar-refractivity contribution is -0.135. The Kier molecular flexibility index (Phi) is 5.31. The Labute approximate surface area is 107 Å². The van der Waals surface area contributed by atoms with E-state index in [0.717, 1.165) is 12.0 Å². The predicted octanol–water partition coefficient (Wildman–Crippen LogP) is 3.16. The molecule has 18 heavy (non-hydrogen) atoms. The fraction of sp³-hybridized carbons (Fsp3) is 0.333. The summed E-state index contributed by atoms with van der Waals surface area (Å²) in [4.78, 5) is 23.2. The van der Waals surface area contributed by atoms with Crippen molar-refractivity contribution in [3.8, 4) is 0 Å². The molecule has 0 heterocycles. The lowest BCUT2D eigenvalue weighted by atomic mass is 9.94. The summed E-state index contributed by atoms with van der Waals surface area (Å²) in [5, 5.41) is 9.13.